The Hall–Kier alpha value is -4.46. The molecule has 1 heterocycles. The molecular weight excluding hydrogens is 402 g/mol. The van der Waals surface area contributed by atoms with E-state index in [1.54, 1.807) is 37.5 Å². The molecule has 0 radical (unpaired) electrons. The molecule has 0 unspecified atom stereocenters. The first-order valence-electron chi connectivity index (χ1n) is 9.13. The predicted octanol–water partition coefficient (Wildman–Crippen LogP) is 4.44. The smallest absolute Gasteiger partial charge is 0.343 e. The van der Waals surface area contributed by atoms with Crippen molar-refractivity contribution in [2.45, 2.75) is 0 Å². The normalized spacial score (nSPS) is 13.5. The number of non-ortho nitro benzene ring substituents is 1. The number of hydrogen-bond donors (Lipinski definition) is 0. The summed E-state index contributed by atoms with van der Waals surface area (Å²) in [6.45, 7) is 0. The summed E-state index contributed by atoms with van der Waals surface area (Å²) < 4.78 is 16.1. The number of nitro benzene ring substituents is 1. The number of nitrogens with zero attached hydrogens (tertiary/aromatic N) is 1. The van der Waals surface area contributed by atoms with Crippen molar-refractivity contribution in [2.24, 2.45) is 0 Å². The summed E-state index contributed by atoms with van der Waals surface area (Å²) in [6, 6.07) is 16.8. The molecule has 0 N–H and O–H groups in total. The zero-order valence-corrected chi connectivity index (χ0v) is 16.2. The van der Waals surface area contributed by atoms with Gasteiger partial charge in [-0.15, -0.1) is 0 Å². The van der Waals surface area contributed by atoms with E-state index in [-0.39, 0.29) is 34.3 Å². The fourth-order valence-electron chi connectivity index (χ4n) is 3.03. The summed E-state index contributed by atoms with van der Waals surface area (Å²) in [7, 11) is 1.55. The van der Waals surface area contributed by atoms with Gasteiger partial charge in [-0.3, -0.25) is 14.9 Å². The number of rotatable bonds is 5. The molecule has 154 valence electrons. The standard InChI is InChI=1S/C23H15NO7/c1-29-17-7-2-4-14(10-17)11-21-22(25)19-9-8-18(13-20(19)31-21)30-23(26)15-5-3-6-16(12-15)24(27)28/h2-13H,1H3. The minimum Gasteiger partial charge on any atom is -0.497 e. The molecule has 0 saturated carbocycles. The molecule has 8 nitrogen and oxygen atoms in total. The highest BCUT2D eigenvalue weighted by molar-refractivity contribution is 6.14. The second-order valence-electron chi connectivity index (χ2n) is 6.57. The first kappa shape index (κ1) is 19.8. The maximum absolute atomic E-state index is 12.6. The Kier molecular flexibility index (Phi) is 5.19. The minimum atomic E-state index is -0.764. The second-order valence-corrected chi connectivity index (χ2v) is 6.57. The molecular formula is C23H15NO7. The summed E-state index contributed by atoms with van der Waals surface area (Å²) in [5.41, 5.74) is 0.882. The summed E-state index contributed by atoms with van der Waals surface area (Å²) in [5.74, 6) is 0.113. The van der Waals surface area contributed by atoms with Crippen LogP contribution in [0.2, 0.25) is 0 Å². The van der Waals surface area contributed by atoms with Crippen LogP contribution in [0.25, 0.3) is 6.08 Å². The average molecular weight is 417 g/mol. The molecule has 0 aromatic heterocycles. The van der Waals surface area contributed by atoms with Crippen molar-refractivity contribution in [3.63, 3.8) is 0 Å². The number of Topliss-reactive ketones (excluding diaryl/α,β-unsaturated/α-hetero) is 1. The molecule has 0 bridgehead atoms. The number of fused-ring (bicyclic) bond motifs is 1. The van der Waals surface area contributed by atoms with Crippen LogP contribution in [0.4, 0.5) is 5.69 Å². The van der Waals surface area contributed by atoms with Crippen molar-refractivity contribution in [1.82, 2.24) is 0 Å². The highest BCUT2D eigenvalue weighted by Gasteiger charge is 2.28. The third-order valence-electron chi connectivity index (χ3n) is 4.54. The van der Waals surface area contributed by atoms with Gasteiger partial charge in [0.2, 0.25) is 5.78 Å². The Balaban J connectivity index is 1.54. The minimum absolute atomic E-state index is 0.0327. The Bertz CT molecular complexity index is 1250. The number of ketones is 1. The van der Waals surface area contributed by atoms with Gasteiger partial charge < -0.3 is 14.2 Å². The van der Waals surface area contributed by atoms with E-state index in [0.717, 1.165) is 11.6 Å². The Morgan fingerprint density at radius 2 is 1.84 bits per heavy atom. The van der Waals surface area contributed by atoms with Crippen LogP contribution in [0.15, 0.2) is 72.5 Å². The largest absolute Gasteiger partial charge is 0.497 e. The van der Waals surface area contributed by atoms with Crippen molar-refractivity contribution in [2.75, 3.05) is 7.11 Å². The maximum Gasteiger partial charge on any atom is 0.343 e. The van der Waals surface area contributed by atoms with Crippen LogP contribution in [0, 0.1) is 10.1 Å². The van der Waals surface area contributed by atoms with Gasteiger partial charge in [0, 0.05) is 18.2 Å². The number of hydrogen-bond acceptors (Lipinski definition) is 7. The Morgan fingerprint density at radius 3 is 2.61 bits per heavy atom. The van der Waals surface area contributed by atoms with Gasteiger partial charge in [-0.05, 0) is 42.0 Å². The number of ether oxygens (including phenoxy) is 3. The monoisotopic (exact) mass is 417 g/mol. The fourth-order valence-corrected chi connectivity index (χ4v) is 3.03. The number of nitro groups is 1. The lowest BCUT2D eigenvalue weighted by atomic mass is 10.1. The van der Waals surface area contributed by atoms with E-state index in [0.29, 0.717) is 11.3 Å². The van der Waals surface area contributed by atoms with Crippen molar-refractivity contribution >= 4 is 23.5 Å². The van der Waals surface area contributed by atoms with Gasteiger partial charge in [0.05, 0.1) is 23.2 Å². The highest BCUT2D eigenvalue weighted by Crippen LogP contribution is 2.35. The van der Waals surface area contributed by atoms with Gasteiger partial charge in [0.25, 0.3) is 5.69 Å². The number of methoxy groups -OCH3 is 1. The molecule has 0 saturated heterocycles. The van der Waals surface area contributed by atoms with E-state index >= 15 is 0 Å². The molecule has 0 fully saturated rings. The highest BCUT2D eigenvalue weighted by atomic mass is 16.6. The molecule has 3 aromatic rings. The van der Waals surface area contributed by atoms with E-state index in [9.17, 15) is 19.7 Å². The fraction of sp³-hybridized carbons (Fsp3) is 0.0435. The number of benzene rings is 3. The van der Waals surface area contributed by atoms with Gasteiger partial charge >= 0.3 is 5.97 Å². The molecule has 3 aromatic carbocycles. The summed E-state index contributed by atoms with van der Waals surface area (Å²) in [6.07, 6.45) is 1.60. The van der Waals surface area contributed by atoms with E-state index in [1.165, 1.54) is 36.4 Å². The maximum atomic E-state index is 12.6. The van der Waals surface area contributed by atoms with Crippen LogP contribution in [0.3, 0.4) is 0 Å². The predicted molar refractivity (Wildman–Crippen MR) is 110 cm³/mol. The van der Waals surface area contributed by atoms with Crippen molar-refractivity contribution in [3.8, 4) is 17.2 Å². The van der Waals surface area contributed by atoms with Crippen LogP contribution in [0.1, 0.15) is 26.3 Å². The van der Waals surface area contributed by atoms with Crippen LogP contribution in [-0.4, -0.2) is 23.8 Å². The SMILES string of the molecule is COc1cccc(C=C2Oc3cc(OC(=O)c4cccc([N+](=O)[O-])c4)ccc3C2=O)c1. The zero-order valence-electron chi connectivity index (χ0n) is 16.2. The molecule has 0 amide bonds. The van der Waals surface area contributed by atoms with Crippen molar-refractivity contribution in [3.05, 3.63) is 99.3 Å². The van der Waals surface area contributed by atoms with Crippen LogP contribution in [0.5, 0.6) is 17.2 Å². The molecule has 0 aliphatic carbocycles. The second kappa shape index (κ2) is 8.11. The zero-order chi connectivity index (χ0) is 22.0. The van der Waals surface area contributed by atoms with Gasteiger partial charge in [-0.1, -0.05) is 18.2 Å². The summed E-state index contributed by atoms with van der Waals surface area (Å²) >= 11 is 0. The molecule has 0 spiro atoms. The van der Waals surface area contributed by atoms with Crippen LogP contribution < -0.4 is 14.2 Å². The summed E-state index contributed by atoms with van der Waals surface area (Å²) in [4.78, 5) is 35.2. The van der Waals surface area contributed by atoms with Gasteiger partial charge in [0.1, 0.15) is 17.2 Å². The number of esters is 1. The average Bonchev–Trinajstić information content (AvgIpc) is 3.08. The van der Waals surface area contributed by atoms with Crippen molar-refractivity contribution < 1.29 is 28.7 Å². The van der Waals surface area contributed by atoms with Crippen LogP contribution >= 0.6 is 0 Å². The topological polar surface area (TPSA) is 105 Å². The molecule has 4 rings (SSSR count). The van der Waals surface area contributed by atoms with E-state index in [1.807, 2.05) is 0 Å². The lowest BCUT2D eigenvalue weighted by molar-refractivity contribution is -0.384. The number of allylic oxidation sites excluding steroid dienone is 1. The van der Waals surface area contributed by atoms with Gasteiger partial charge in [-0.2, -0.15) is 0 Å². The first-order valence-corrected chi connectivity index (χ1v) is 9.13. The third kappa shape index (κ3) is 4.13. The number of carbonyl (C=O) groups is 2. The Morgan fingerprint density at radius 1 is 1.03 bits per heavy atom. The molecule has 31 heavy (non-hydrogen) atoms. The molecule has 0 atom stereocenters. The lowest BCUT2D eigenvalue weighted by Gasteiger charge is -2.06. The van der Waals surface area contributed by atoms with E-state index in [2.05, 4.69) is 0 Å². The van der Waals surface area contributed by atoms with Crippen molar-refractivity contribution in [1.29, 1.82) is 0 Å². The van der Waals surface area contributed by atoms with Gasteiger partial charge in [-0.25, -0.2) is 4.79 Å². The third-order valence-corrected chi connectivity index (χ3v) is 4.54. The molecule has 8 heteroatoms. The van der Waals surface area contributed by atoms with Crippen LogP contribution in [-0.2, 0) is 0 Å². The first-order chi connectivity index (χ1) is 14.9. The quantitative estimate of drug-likeness (QED) is 0.199. The summed E-state index contributed by atoms with van der Waals surface area (Å²) in [5, 5.41) is 10.9. The molecule has 1 aliphatic heterocycles. The van der Waals surface area contributed by atoms with E-state index < -0.39 is 10.9 Å². The lowest BCUT2D eigenvalue weighted by Crippen LogP contribution is -2.08. The Labute approximate surface area is 176 Å². The number of carbonyl (C=O) groups excluding carboxylic acids is 2. The van der Waals surface area contributed by atoms with Gasteiger partial charge in [0.15, 0.2) is 5.76 Å². The van der Waals surface area contributed by atoms with E-state index in [4.69, 9.17) is 14.2 Å². The molecule has 1 aliphatic rings.